The molecule has 2 N–H and O–H groups in total. The molecule has 1 rings (SSSR count). The number of carbonyl (C=O) groups is 2. The summed E-state index contributed by atoms with van der Waals surface area (Å²) in [5, 5.41) is 17.9. The number of aliphatic hydroxyl groups is 1. The molecule has 15 heavy (non-hydrogen) atoms. The monoisotopic (exact) mass is 215 g/mol. The standard InChI is InChI=1S/C9H13NO5/c1-2-15-9(14)6-3-10(4-7(6)11)5-8(12)13/h11H,2-5H2,1H3,(H,12,13). The number of esters is 1. The Kier molecular flexibility index (Phi) is 3.68. The Balaban J connectivity index is 2.57. The van der Waals surface area contributed by atoms with Gasteiger partial charge < -0.3 is 14.9 Å². The number of carboxylic acid groups (broad SMARTS) is 1. The van der Waals surface area contributed by atoms with Gasteiger partial charge in [0, 0.05) is 6.54 Å². The molecule has 0 bridgehead atoms. The number of carboxylic acids is 1. The highest BCUT2D eigenvalue weighted by Crippen LogP contribution is 2.16. The minimum absolute atomic E-state index is 0.0838. The van der Waals surface area contributed by atoms with Crippen molar-refractivity contribution in [2.24, 2.45) is 0 Å². The number of rotatable bonds is 4. The molecule has 0 amide bonds. The van der Waals surface area contributed by atoms with Crippen LogP contribution in [0.5, 0.6) is 0 Å². The fourth-order valence-corrected chi connectivity index (χ4v) is 1.38. The first-order chi connectivity index (χ1) is 7.04. The van der Waals surface area contributed by atoms with Crippen LogP contribution < -0.4 is 0 Å². The van der Waals surface area contributed by atoms with Crippen LogP contribution in [0.25, 0.3) is 0 Å². The average Bonchev–Trinajstić information content (AvgIpc) is 2.46. The van der Waals surface area contributed by atoms with E-state index in [0.717, 1.165) is 0 Å². The van der Waals surface area contributed by atoms with Crippen molar-refractivity contribution in [3.05, 3.63) is 11.3 Å². The molecule has 0 spiro atoms. The van der Waals surface area contributed by atoms with E-state index in [2.05, 4.69) is 0 Å². The Bertz CT molecular complexity index is 310. The quantitative estimate of drug-likeness (QED) is 0.629. The molecule has 0 aromatic rings. The van der Waals surface area contributed by atoms with E-state index in [4.69, 9.17) is 9.84 Å². The van der Waals surface area contributed by atoms with Gasteiger partial charge >= 0.3 is 11.9 Å². The maximum atomic E-state index is 11.3. The summed E-state index contributed by atoms with van der Waals surface area (Å²) >= 11 is 0. The highest BCUT2D eigenvalue weighted by Gasteiger charge is 2.28. The van der Waals surface area contributed by atoms with Crippen LogP contribution in [0, 0.1) is 0 Å². The van der Waals surface area contributed by atoms with Gasteiger partial charge in [0.25, 0.3) is 0 Å². The third-order valence-corrected chi connectivity index (χ3v) is 1.98. The van der Waals surface area contributed by atoms with Gasteiger partial charge in [-0.2, -0.15) is 0 Å². The average molecular weight is 215 g/mol. The molecule has 0 saturated heterocycles. The van der Waals surface area contributed by atoms with E-state index in [-0.39, 0.29) is 37.6 Å². The number of hydrogen-bond acceptors (Lipinski definition) is 5. The topological polar surface area (TPSA) is 87.1 Å². The molecule has 0 fully saturated rings. The number of hydrogen-bond donors (Lipinski definition) is 2. The van der Waals surface area contributed by atoms with Crippen molar-refractivity contribution in [1.29, 1.82) is 0 Å². The molecule has 0 aliphatic carbocycles. The van der Waals surface area contributed by atoms with Crippen LogP contribution in [0.4, 0.5) is 0 Å². The molecule has 6 heteroatoms. The number of aliphatic carboxylic acids is 1. The first-order valence-electron chi connectivity index (χ1n) is 4.56. The van der Waals surface area contributed by atoms with E-state index in [1.165, 1.54) is 4.90 Å². The predicted octanol–water partition coefficient (Wildman–Crippen LogP) is -0.238. The second-order valence-corrected chi connectivity index (χ2v) is 3.18. The zero-order valence-corrected chi connectivity index (χ0v) is 8.39. The molecule has 0 atom stereocenters. The van der Waals surface area contributed by atoms with Crippen molar-refractivity contribution in [3.63, 3.8) is 0 Å². The van der Waals surface area contributed by atoms with Gasteiger partial charge in [-0.15, -0.1) is 0 Å². The lowest BCUT2D eigenvalue weighted by molar-refractivity contribution is -0.140. The van der Waals surface area contributed by atoms with E-state index in [1.54, 1.807) is 6.92 Å². The minimum Gasteiger partial charge on any atom is -0.510 e. The second kappa shape index (κ2) is 4.79. The number of ether oxygens (including phenoxy) is 1. The van der Waals surface area contributed by atoms with E-state index in [1.807, 2.05) is 0 Å². The fourth-order valence-electron chi connectivity index (χ4n) is 1.38. The molecule has 0 saturated carbocycles. The molecule has 1 heterocycles. The van der Waals surface area contributed by atoms with Gasteiger partial charge in [-0.3, -0.25) is 9.69 Å². The Morgan fingerprint density at radius 1 is 1.47 bits per heavy atom. The summed E-state index contributed by atoms with van der Waals surface area (Å²) in [6.07, 6.45) is 0. The maximum absolute atomic E-state index is 11.3. The Morgan fingerprint density at radius 3 is 2.67 bits per heavy atom. The highest BCUT2D eigenvalue weighted by molar-refractivity contribution is 5.90. The van der Waals surface area contributed by atoms with Gasteiger partial charge in [0.05, 0.1) is 25.3 Å². The zero-order valence-electron chi connectivity index (χ0n) is 8.39. The summed E-state index contributed by atoms with van der Waals surface area (Å²) < 4.78 is 4.72. The fraction of sp³-hybridized carbons (Fsp3) is 0.556. The van der Waals surface area contributed by atoms with Gasteiger partial charge in [-0.05, 0) is 6.92 Å². The van der Waals surface area contributed by atoms with Crippen LogP contribution in [0.2, 0.25) is 0 Å². The lowest BCUT2D eigenvalue weighted by Crippen LogP contribution is -2.29. The van der Waals surface area contributed by atoms with Crippen molar-refractivity contribution >= 4 is 11.9 Å². The molecular weight excluding hydrogens is 202 g/mol. The third-order valence-electron chi connectivity index (χ3n) is 1.98. The first-order valence-corrected chi connectivity index (χ1v) is 4.56. The summed E-state index contributed by atoms with van der Waals surface area (Å²) in [6.45, 7) is 1.90. The van der Waals surface area contributed by atoms with Crippen LogP contribution in [0.3, 0.4) is 0 Å². The Hall–Kier alpha value is -1.56. The summed E-state index contributed by atoms with van der Waals surface area (Å²) in [6, 6.07) is 0. The van der Waals surface area contributed by atoms with Crippen molar-refractivity contribution in [1.82, 2.24) is 4.90 Å². The van der Waals surface area contributed by atoms with E-state index >= 15 is 0 Å². The predicted molar refractivity (Wildman–Crippen MR) is 50.4 cm³/mol. The number of aliphatic hydroxyl groups excluding tert-OH is 1. The molecule has 0 aromatic heterocycles. The van der Waals surface area contributed by atoms with Crippen molar-refractivity contribution in [2.75, 3.05) is 26.2 Å². The Labute approximate surface area is 86.7 Å². The van der Waals surface area contributed by atoms with Crippen LogP contribution in [-0.4, -0.2) is 53.3 Å². The van der Waals surface area contributed by atoms with E-state index < -0.39 is 11.9 Å². The van der Waals surface area contributed by atoms with Gasteiger partial charge in [0.2, 0.25) is 0 Å². The molecular formula is C9H13NO5. The molecule has 6 nitrogen and oxygen atoms in total. The van der Waals surface area contributed by atoms with Gasteiger partial charge in [0.1, 0.15) is 5.76 Å². The van der Waals surface area contributed by atoms with Crippen LogP contribution in [-0.2, 0) is 14.3 Å². The van der Waals surface area contributed by atoms with Crippen LogP contribution >= 0.6 is 0 Å². The van der Waals surface area contributed by atoms with Gasteiger partial charge in [-0.25, -0.2) is 4.79 Å². The normalized spacial score (nSPS) is 16.9. The number of nitrogens with zero attached hydrogens (tertiary/aromatic N) is 1. The van der Waals surface area contributed by atoms with Gasteiger partial charge in [0.15, 0.2) is 0 Å². The summed E-state index contributed by atoms with van der Waals surface area (Å²) in [4.78, 5) is 23.1. The molecule has 84 valence electrons. The van der Waals surface area contributed by atoms with Gasteiger partial charge in [-0.1, -0.05) is 0 Å². The first kappa shape index (κ1) is 11.5. The smallest absolute Gasteiger partial charge is 0.338 e. The molecule has 0 aromatic carbocycles. The summed E-state index contributed by atoms with van der Waals surface area (Å²) in [7, 11) is 0. The summed E-state index contributed by atoms with van der Waals surface area (Å²) in [5.74, 6) is -1.68. The molecule has 1 aliphatic heterocycles. The molecule has 0 unspecified atom stereocenters. The lowest BCUT2D eigenvalue weighted by atomic mass is 10.3. The largest absolute Gasteiger partial charge is 0.510 e. The maximum Gasteiger partial charge on any atom is 0.338 e. The van der Waals surface area contributed by atoms with Crippen molar-refractivity contribution in [2.45, 2.75) is 6.92 Å². The van der Waals surface area contributed by atoms with E-state index in [0.29, 0.717) is 0 Å². The van der Waals surface area contributed by atoms with Crippen molar-refractivity contribution < 1.29 is 24.5 Å². The second-order valence-electron chi connectivity index (χ2n) is 3.18. The summed E-state index contributed by atoms with van der Waals surface area (Å²) in [5.41, 5.74) is 0.151. The molecule has 0 radical (unpaired) electrons. The minimum atomic E-state index is -0.993. The van der Waals surface area contributed by atoms with E-state index in [9.17, 15) is 14.7 Å². The Morgan fingerprint density at radius 2 is 2.13 bits per heavy atom. The number of carbonyl (C=O) groups excluding carboxylic acids is 1. The highest BCUT2D eigenvalue weighted by atomic mass is 16.5. The van der Waals surface area contributed by atoms with Crippen molar-refractivity contribution in [3.8, 4) is 0 Å². The van der Waals surface area contributed by atoms with Crippen LogP contribution in [0.15, 0.2) is 11.3 Å². The lowest BCUT2D eigenvalue weighted by Gasteiger charge is -2.11. The zero-order chi connectivity index (χ0) is 11.4. The van der Waals surface area contributed by atoms with Crippen LogP contribution in [0.1, 0.15) is 6.92 Å². The SMILES string of the molecule is CCOC(=O)C1=C(O)CN(CC(=O)O)C1. The third kappa shape index (κ3) is 2.95. The molecule has 1 aliphatic rings.